The Morgan fingerprint density at radius 2 is 1.48 bits per heavy atom. The highest BCUT2D eigenvalue weighted by Gasteiger charge is 2.09. The highest BCUT2D eigenvalue weighted by Crippen LogP contribution is 2.18. The Bertz CT molecular complexity index is 627. The van der Waals surface area contributed by atoms with E-state index in [1.54, 1.807) is 55.6 Å². The highest BCUT2D eigenvalue weighted by atomic mass is 16.5. The van der Waals surface area contributed by atoms with Gasteiger partial charge in [-0.1, -0.05) is 12.1 Å². The summed E-state index contributed by atoms with van der Waals surface area (Å²) in [6.45, 7) is 1.53. The second kappa shape index (κ2) is 6.70. The van der Waals surface area contributed by atoms with Crippen LogP contribution in [-0.4, -0.2) is 18.9 Å². The van der Waals surface area contributed by atoms with Gasteiger partial charge >= 0.3 is 5.97 Å². The van der Waals surface area contributed by atoms with Gasteiger partial charge in [-0.05, 0) is 48.9 Å². The molecule has 4 heteroatoms. The molecule has 21 heavy (non-hydrogen) atoms. The Morgan fingerprint density at radius 3 is 2.00 bits per heavy atom. The molecule has 0 amide bonds. The fraction of sp³-hybridized carbons (Fsp3) is 0.176. The van der Waals surface area contributed by atoms with E-state index in [-0.39, 0.29) is 5.78 Å². The van der Waals surface area contributed by atoms with Gasteiger partial charge in [-0.2, -0.15) is 0 Å². The topological polar surface area (TPSA) is 52.6 Å². The third kappa shape index (κ3) is 4.18. The predicted molar refractivity (Wildman–Crippen MR) is 78.8 cm³/mol. The summed E-state index contributed by atoms with van der Waals surface area (Å²) in [6, 6.07) is 13.6. The first-order valence-corrected chi connectivity index (χ1v) is 6.53. The highest BCUT2D eigenvalue weighted by molar-refractivity contribution is 5.91. The third-order valence-electron chi connectivity index (χ3n) is 2.91. The van der Waals surface area contributed by atoms with Crippen molar-refractivity contribution in [2.75, 3.05) is 7.11 Å². The van der Waals surface area contributed by atoms with E-state index in [1.807, 2.05) is 0 Å². The van der Waals surface area contributed by atoms with Gasteiger partial charge in [0.25, 0.3) is 0 Å². The minimum Gasteiger partial charge on any atom is -0.497 e. The van der Waals surface area contributed by atoms with E-state index in [0.29, 0.717) is 23.5 Å². The summed E-state index contributed by atoms with van der Waals surface area (Å²) in [5, 5.41) is 0. The first kappa shape index (κ1) is 14.8. The van der Waals surface area contributed by atoms with E-state index in [0.717, 1.165) is 5.56 Å². The van der Waals surface area contributed by atoms with E-state index < -0.39 is 5.97 Å². The number of methoxy groups -OCH3 is 1. The van der Waals surface area contributed by atoms with Gasteiger partial charge in [-0.3, -0.25) is 4.79 Å². The number of Topliss-reactive ketones (excluding diaryl/α,β-unsaturated/α-hetero) is 1. The molecule has 0 saturated carbocycles. The normalized spacial score (nSPS) is 10.0. The van der Waals surface area contributed by atoms with Crippen LogP contribution in [0.3, 0.4) is 0 Å². The number of carbonyl (C=O) groups excluding carboxylic acids is 2. The van der Waals surface area contributed by atoms with Crippen molar-refractivity contribution < 1.29 is 19.1 Å². The van der Waals surface area contributed by atoms with Crippen molar-refractivity contribution in [2.24, 2.45) is 0 Å². The fourth-order valence-corrected chi connectivity index (χ4v) is 1.86. The van der Waals surface area contributed by atoms with E-state index in [9.17, 15) is 9.59 Å². The molecule has 0 aromatic heterocycles. The van der Waals surface area contributed by atoms with Crippen molar-refractivity contribution in [3.63, 3.8) is 0 Å². The Kier molecular flexibility index (Phi) is 4.72. The molecule has 2 aromatic rings. The van der Waals surface area contributed by atoms with Gasteiger partial charge in [0, 0.05) is 6.42 Å². The monoisotopic (exact) mass is 284 g/mol. The third-order valence-corrected chi connectivity index (χ3v) is 2.91. The van der Waals surface area contributed by atoms with Crippen LogP contribution in [0.1, 0.15) is 22.8 Å². The molecule has 0 unspecified atom stereocenters. The Morgan fingerprint density at radius 1 is 0.905 bits per heavy atom. The number of hydrogen-bond acceptors (Lipinski definition) is 4. The Labute approximate surface area is 123 Å². The number of hydrogen-bond donors (Lipinski definition) is 0. The van der Waals surface area contributed by atoms with Crippen molar-refractivity contribution in [1.29, 1.82) is 0 Å². The average molecular weight is 284 g/mol. The summed E-state index contributed by atoms with van der Waals surface area (Å²) in [4.78, 5) is 23.0. The Hall–Kier alpha value is -2.62. The Balaban J connectivity index is 2.03. The zero-order chi connectivity index (χ0) is 15.2. The zero-order valence-corrected chi connectivity index (χ0v) is 12.0. The molecule has 0 fully saturated rings. The number of benzene rings is 2. The molecule has 0 heterocycles. The number of ether oxygens (including phenoxy) is 2. The first-order chi connectivity index (χ1) is 10.1. The van der Waals surface area contributed by atoms with Crippen LogP contribution in [-0.2, 0) is 11.2 Å². The van der Waals surface area contributed by atoms with Crippen molar-refractivity contribution in [3.8, 4) is 11.5 Å². The number of ketones is 1. The molecule has 0 bridgehead atoms. The van der Waals surface area contributed by atoms with Gasteiger partial charge in [0.2, 0.25) is 0 Å². The fourth-order valence-electron chi connectivity index (χ4n) is 1.86. The van der Waals surface area contributed by atoms with E-state index in [1.165, 1.54) is 6.92 Å². The van der Waals surface area contributed by atoms with Gasteiger partial charge in [-0.25, -0.2) is 4.79 Å². The average Bonchev–Trinajstić information content (AvgIpc) is 2.48. The maximum atomic E-state index is 12.0. The van der Waals surface area contributed by atoms with Crippen molar-refractivity contribution in [2.45, 2.75) is 13.3 Å². The van der Waals surface area contributed by atoms with Gasteiger partial charge in [0.05, 0.1) is 12.7 Å². The summed E-state index contributed by atoms with van der Waals surface area (Å²) >= 11 is 0. The first-order valence-electron chi connectivity index (χ1n) is 6.53. The molecule has 0 N–H and O–H groups in total. The largest absolute Gasteiger partial charge is 0.497 e. The van der Waals surface area contributed by atoms with Crippen molar-refractivity contribution in [3.05, 3.63) is 59.7 Å². The summed E-state index contributed by atoms with van der Waals surface area (Å²) < 4.78 is 10.3. The standard InChI is InChI=1S/C17H16O4/c1-12(18)11-13-3-5-14(6-4-13)17(19)21-16-9-7-15(20-2)8-10-16/h3-10H,11H2,1-2H3. The summed E-state index contributed by atoms with van der Waals surface area (Å²) in [7, 11) is 1.57. The number of rotatable bonds is 5. The molecule has 0 saturated heterocycles. The SMILES string of the molecule is COc1ccc(OC(=O)c2ccc(CC(C)=O)cc2)cc1. The van der Waals surface area contributed by atoms with Gasteiger partial charge in [0.15, 0.2) is 0 Å². The molecule has 4 nitrogen and oxygen atoms in total. The lowest BCUT2D eigenvalue weighted by molar-refractivity contribution is -0.116. The number of esters is 1. The smallest absolute Gasteiger partial charge is 0.343 e. The van der Waals surface area contributed by atoms with Crippen LogP contribution >= 0.6 is 0 Å². The van der Waals surface area contributed by atoms with Crippen LogP contribution in [0.4, 0.5) is 0 Å². The molecular weight excluding hydrogens is 268 g/mol. The molecule has 108 valence electrons. The number of carbonyl (C=O) groups is 2. The lowest BCUT2D eigenvalue weighted by Crippen LogP contribution is -2.08. The second-order valence-electron chi connectivity index (χ2n) is 4.64. The van der Waals surface area contributed by atoms with Crippen molar-refractivity contribution >= 4 is 11.8 Å². The molecule has 0 aliphatic carbocycles. The van der Waals surface area contributed by atoms with Crippen molar-refractivity contribution in [1.82, 2.24) is 0 Å². The van der Waals surface area contributed by atoms with Crippen LogP contribution in [0.15, 0.2) is 48.5 Å². The van der Waals surface area contributed by atoms with Crippen LogP contribution in [0.2, 0.25) is 0 Å². The molecular formula is C17H16O4. The molecule has 2 rings (SSSR count). The minimum absolute atomic E-state index is 0.0866. The molecule has 0 atom stereocenters. The maximum Gasteiger partial charge on any atom is 0.343 e. The van der Waals surface area contributed by atoms with E-state index >= 15 is 0 Å². The molecule has 0 radical (unpaired) electrons. The lowest BCUT2D eigenvalue weighted by atomic mass is 10.1. The molecule has 0 spiro atoms. The van der Waals surface area contributed by atoms with E-state index in [2.05, 4.69) is 0 Å². The van der Waals surface area contributed by atoms with Crippen LogP contribution < -0.4 is 9.47 Å². The summed E-state index contributed by atoms with van der Waals surface area (Å²) in [5.74, 6) is 0.801. The molecule has 2 aromatic carbocycles. The van der Waals surface area contributed by atoms with E-state index in [4.69, 9.17) is 9.47 Å². The van der Waals surface area contributed by atoms with Gasteiger partial charge < -0.3 is 9.47 Å². The predicted octanol–water partition coefficient (Wildman–Crippen LogP) is 3.05. The lowest BCUT2D eigenvalue weighted by Gasteiger charge is -2.06. The summed E-state index contributed by atoms with van der Waals surface area (Å²) in [5.41, 5.74) is 1.32. The second-order valence-corrected chi connectivity index (χ2v) is 4.64. The van der Waals surface area contributed by atoms with Gasteiger partial charge in [-0.15, -0.1) is 0 Å². The molecule has 0 aliphatic heterocycles. The van der Waals surface area contributed by atoms with Crippen LogP contribution in [0, 0.1) is 0 Å². The minimum atomic E-state index is -0.436. The maximum absolute atomic E-state index is 12.0. The summed E-state index contributed by atoms with van der Waals surface area (Å²) in [6.07, 6.45) is 0.369. The van der Waals surface area contributed by atoms with Crippen LogP contribution in [0.5, 0.6) is 11.5 Å². The zero-order valence-electron chi connectivity index (χ0n) is 12.0. The van der Waals surface area contributed by atoms with Gasteiger partial charge in [0.1, 0.15) is 17.3 Å². The van der Waals surface area contributed by atoms with Crippen LogP contribution in [0.25, 0.3) is 0 Å². The molecule has 0 aliphatic rings. The quantitative estimate of drug-likeness (QED) is 0.625.